The standard InChI is InChI=1S/C13H23N3/c1-16(2)9-3-8-15-11-13-6-4-12(10-14)5-7-13/h4-7,15H,3,8-11,14H2,1-2H3. The van der Waals surface area contributed by atoms with Crippen molar-refractivity contribution in [3.63, 3.8) is 0 Å². The highest BCUT2D eigenvalue weighted by molar-refractivity contribution is 5.22. The number of nitrogens with two attached hydrogens (primary N) is 1. The summed E-state index contributed by atoms with van der Waals surface area (Å²) >= 11 is 0. The summed E-state index contributed by atoms with van der Waals surface area (Å²) in [4.78, 5) is 2.21. The molecule has 1 rings (SSSR count). The van der Waals surface area contributed by atoms with E-state index in [1.165, 1.54) is 17.5 Å². The fraction of sp³-hybridized carbons (Fsp3) is 0.538. The normalized spacial score (nSPS) is 11.0. The lowest BCUT2D eigenvalue weighted by Crippen LogP contribution is -2.20. The number of benzene rings is 1. The van der Waals surface area contributed by atoms with Crippen LogP contribution in [0.25, 0.3) is 0 Å². The second-order valence-corrected chi connectivity index (χ2v) is 4.35. The van der Waals surface area contributed by atoms with E-state index in [1.807, 2.05) is 0 Å². The molecule has 0 fully saturated rings. The van der Waals surface area contributed by atoms with Crippen LogP contribution in [-0.4, -0.2) is 32.1 Å². The highest BCUT2D eigenvalue weighted by Crippen LogP contribution is 2.03. The van der Waals surface area contributed by atoms with Crippen molar-refractivity contribution < 1.29 is 0 Å². The molecule has 1 aromatic rings. The summed E-state index contributed by atoms with van der Waals surface area (Å²) in [5.74, 6) is 0. The van der Waals surface area contributed by atoms with Crippen LogP contribution in [0.1, 0.15) is 17.5 Å². The van der Waals surface area contributed by atoms with Gasteiger partial charge in [0.15, 0.2) is 0 Å². The van der Waals surface area contributed by atoms with Crippen LogP contribution in [0.2, 0.25) is 0 Å². The van der Waals surface area contributed by atoms with Gasteiger partial charge < -0.3 is 16.0 Å². The molecule has 0 aliphatic heterocycles. The van der Waals surface area contributed by atoms with Crippen LogP contribution in [0.4, 0.5) is 0 Å². The Kier molecular flexibility index (Phi) is 6.08. The van der Waals surface area contributed by atoms with Gasteiger partial charge in [0.05, 0.1) is 0 Å². The summed E-state index contributed by atoms with van der Waals surface area (Å²) in [6.07, 6.45) is 1.19. The number of hydrogen-bond donors (Lipinski definition) is 2. The van der Waals surface area contributed by atoms with E-state index < -0.39 is 0 Å². The van der Waals surface area contributed by atoms with E-state index >= 15 is 0 Å². The van der Waals surface area contributed by atoms with Crippen molar-refractivity contribution in [1.82, 2.24) is 10.2 Å². The van der Waals surface area contributed by atoms with Gasteiger partial charge in [-0.1, -0.05) is 24.3 Å². The molecule has 0 bridgehead atoms. The largest absolute Gasteiger partial charge is 0.326 e. The topological polar surface area (TPSA) is 41.3 Å². The molecule has 0 aromatic heterocycles. The molecule has 0 aliphatic carbocycles. The van der Waals surface area contributed by atoms with Gasteiger partial charge in [-0.2, -0.15) is 0 Å². The minimum Gasteiger partial charge on any atom is -0.326 e. The third kappa shape index (κ3) is 5.26. The van der Waals surface area contributed by atoms with Crippen LogP contribution in [0.3, 0.4) is 0 Å². The number of hydrogen-bond acceptors (Lipinski definition) is 3. The lowest BCUT2D eigenvalue weighted by molar-refractivity contribution is 0.394. The smallest absolute Gasteiger partial charge is 0.0205 e. The molecule has 0 atom stereocenters. The average molecular weight is 221 g/mol. The van der Waals surface area contributed by atoms with Crippen molar-refractivity contribution in [3.05, 3.63) is 35.4 Å². The van der Waals surface area contributed by atoms with Crippen molar-refractivity contribution in [3.8, 4) is 0 Å². The van der Waals surface area contributed by atoms with E-state index in [0.29, 0.717) is 6.54 Å². The third-order valence-corrected chi connectivity index (χ3v) is 2.55. The molecular formula is C13H23N3. The minimum absolute atomic E-state index is 0.622. The maximum atomic E-state index is 5.55. The van der Waals surface area contributed by atoms with Crippen molar-refractivity contribution in [2.24, 2.45) is 5.73 Å². The van der Waals surface area contributed by atoms with E-state index in [0.717, 1.165) is 19.6 Å². The predicted molar refractivity (Wildman–Crippen MR) is 69.2 cm³/mol. The van der Waals surface area contributed by atoms with E-state index in [2.05, 4.69) is 48.6 Å². The molecule has 0 unspecified atom stereocenters. The predicted octanol–water partition coefficient (Wildman–Crippen LogP) is 1.19. The average Bonchev–Trinajstić information content (AvgIpc) is 2.29. The lowest BCUT2D eigenvalue weighted by atomic mass is 10.1. The summed E-state index contributed by atoms with van der Waals surface area (Å²) in [6, 6.07) is 8.47. The SMILES string of the molecule is CN(C)CCCNCc1ccc(CN)cc1. The van der Waals surface area contributed by atoms with E-state index in [1.54, 1.807) is 0 Å². The van der Waals surface area contributed by atoms with Crippen molar-refractivity contribution in [2.45, 2.75) is 19.5 Å². The van der Waals surface area contributed by atoms with Gasteiger partial charge >= 0.3 is 0 Å². The second kappa shape index (κ2) is 7.39. The Bertz CT molecular complexity index is 280. The first-order valence-electron chi connectivity index (χ1n) is 5.85. The molecule has 0 saturated heterocycles. The maximum absolute atomic E-state index is 5.55. The Labute approximate surface area is 98.6 Å². The molecule has 90 valence electrons. The molecule has 3 nitrogen and oxygen atoms in total. The van der Waals surface area contributed by atoms with Crippen molar-refractivity contribution in [1.29, 1.82) is 0 Å². The quantitative estimate of drug-likeness (QED) is 0.680. The Morgan fingerprint density at radius 3 is 2.31 bits per heavy atom. The zero-order valence-electron chi connectivity index (χ0n) is 10.4. The van der Waals surface area contributed by atoms with E-state index in [4.69, 9.17) is 5.73 Å². The van der Waals surface area contributed by atoms with Crippen molar-refractivity contribution >= 4 is 0 Å². The molecule has 3 heteroatoms. The number of rotatable bonds is 7. The highest BCUT2D eigenvalue weighted by atomic mass is 15.0. The second-order valence-electron chi connectivity index (χ2n) is 4.35. The van der Waals surface area contributed by atoms with Crippen LogP contribution < -0.4 is 11.1 Å². The van der Waals surface area contributed by atoms with Gasteiger partial charge in [-0.05, 0) is 44.7 Å². The summed E-state index contributed by atoms with van der Waals surface area (Å²) in [5, 5.41) is 3.44. The fourth-order valence-electron chi connectivity index (χ4n) is 1.55. The van der Waals surface area contributed by atoms with Crippen LogP contribution in [0.5, 0.6) is 0 Å². The van der Waals surface area contributed by atoms with Crippen LogP contribution >= 0.6 is 0 Å². The van der Waals surface area contributed by atoms with E-state index in [-0.39, 0.29) is 0 Å². The van der Waals surface area contributed by atoms with Gasteiger partial charge in [-0.3, -0.25) is 0 Å². The molecule has 0 radical (unpaired) electrons. The van der Waals surface area contributed by atoms with Crippen molar-refractivity contribution in [2.75, 3.05) is 27.2 Å². The zero-order chi connectivity index (χ0) is 11.8. The molecule has 0 saturated carbocycles. The third-order valence-electron chi connectivity index (χ3n) is 2.55. The monoisotopic (exact) mass is 221 g/mol. The summed E-state index contributed by atoms with van der Waals surface area (Å²) in [7, 11) is 4.21. The maximum Gasteiger partial charge on any atom is 0.0205 e. The molecule has 16 heavy (non-hydrogen) atoms. The molecule has 1 aromatic carbocycles. The highest BCUT2D eigenvalue weighted by Gasteiger charge is 1.94. The van der Waals surface area contributed by atoms with Gasteiger partial charge in [0.2, 0.25) is 0 Å². The number of nitrogens with one attached hydrogen (secondary N) is 1. The molecule has 0 heterocycles. The van der Waals surface area contributed by atoms with E-state index in [9.17, 15) is 0 Å². The van der Waals surface area contributed by atoms with Crippen LogP contribution in [-0.2, 0) is 13.1 Å². The number of nitrogens with zero attached hydrogens (tertiary/aromatic N) is 1. The molecule has 0 spiro atoms. The Morgan fingerprint density at radius 2 is 1.75 bits per heavy atom. The molecule has 3 N–H and O–H groups in total. The molecule has 0 amide bonds. The lowest BCUT2D eigenvalue weighted by Gasteiger charge is -2.10. The minimum atomic E-state index is 0.622. The van der Waals surface area contributed by atoms with Gasteiger partial charge in [0.25, 0.3) is 0 Å². The Balaban J connectivity index is 2.16. The fourth-order valence-corrected chi connectivity index (χ4v) is 1.55. The Morgan fingerprint density at radius 1 is 1.12 bits per heavy atom. The summed E-state index contributed by atoms with van der Waals surface area (Å²) in [6.45, 7) is 3.77. The molecule has 0 aliphatic rings. The summed E-state index contributed by atoms with van der Waals surface area (Å²) < 4.78 is 0. The van der Waals surface area contributed by atoms with Crippen LogP contribution in [0, 0.1) is 0 Å². The molecular weight excluding hydrogens is 198 g/mol. The first-order valence-corrected chi connectivity index (χ1v) is 5.85. The zero-order valence-corrected chi connectivity index (χ0v) is 10.4. The first-order chi connectivity index (χ1) is 7.72. The first kappa shape index (κ1) is 13.2. The van der Waals surface area contributed by atoms with Gasteiger partial charge in [-0.15, -0.1) is 0 Å². The summed E-state index contributed by atoms with van der Waals surface area (Å²) in [5.41, 5.74) is 8.06. The van der Waals surface area contributed by atoms with Gasteiger partial charge in [0.1, 0.15) is 0 Å². The van der Waals surface area contributed by atoms with Crippen LogP contribution in [0.15, 0.2) is 24.3 Å². The Hall–Kier alpha value is -0.900. The van der Waals surface area contributed by atoms with Gasteiger partial charge in [-0.25, -0.2) is 0 Å². The van der Waals surface area contributed by atoms with Gasteiger partial charge in [0, 0.05) is 13.1 Å².